The number of hydrogen-bond acceptors (Lipinski definition) is 3. The number of rotatable bonds is 9. The number of hydrogen-bond donors (Lipinski definition) is 2. The maximum Gasteiger partial charge on any atom is 0.121 e. The lowest BCUT2D eigenvalue weighted by molar-refractivity contribution is 0.306. The third-order valence-corrected chi connectivity index (χ3v) is 4.99. The Hall–Kier alpha value is -3.14. The van der Waals surface area contributed by atoms with Gasteiger partial charge in [0.2, 0.25) is 0 Å². The van der Waals surface area contributed by atoms with Gasteiger partial charge in [0.05, 0.1) is 19.2 Å². The first-order valence-electron chi connectivity index (χ1n) is 9.85. The van der Waals surface area contributed by atoms with Crippen LogP contribution in [0.1, 0.15) is 19.3 Å². The van der Waals surface area contributed by atoms with Gasteiger partial charge in [-0.05, 0) is 61.7 Å². The molecule has 0 atom stereocenters. The Labute approximate surface area is 165 Å². The van der Waals surface area contributed by atoms with Crippen LogP contribution in [0, 0.1) is 0 Å². The molecule has 0 fully saturated rings. The summed E-state index contributed by atoms with van der Waals surface area (Å²) in [6.45, 7) is 1.71. The zero-order chi connectivity index (χ0) is 19.2. The maximum atomic E-state index is 5.95. The van der Waals surface area contributed by atoms with Gasteiger partial charge in [0.25, 0.3) is 0 Å². The van der Waals surface area contributed by atoms with Gasteiger partial charge in [0, 0.05) is 34.6 Å². The first kappa shape index (κ1) is 18.2. The molecule has 0 amide bonds. The third-order valence-electron chi connectivity index (χ3n) is 4.99. The average molecular weight is 374 g/mol. The van der Waals surface area contributed by atoms with Gasteiger partial charge >= 0.3 is 0 Å². The smallest absolute Gasteiger partial charge is 0.121 e. The average Bonchev–Trinajstić information content (AvgIpc) is 3.11. The molecule has 0 aliphatic carbocycles. The number of nitrogens with one attached hydrogen (secondary N) is 2. The van der Waals surface area contributed by atoms with Gasteiger partial charge < -0.3 is 19.8 Å². The van der Waals surface area contributed by atoms with Crippen molar-refractivity contribution in [3.8, 4) is 11.5 Å². The fraction of sp³-hybridized carbons (Fsp3) is 0.250. The van der Waals surface area contributed by atoms with E-state index in [0.29, 0.717) is 0 Å². The Balaban J connectivity index is 1.19. The predicted molar refractivity (Wildman–Crippen MR) is 117 cm³/mol. The van der Waals surface area contributed by atoms with E-state index in [4.69, 9.17) is 9.47 Å². The molecule has 1 aromatic heterocycles. The van der Waals surface area contributed by atoms with Gasteiger partial charge in [0.1, 0.15) is 11.5 Å². The molecule has 0 spiro atoms. The molecule has 0 aliphatic heterocycles. The highest BCUT2D eigenvalue weighted by atomic mass is 16.5. The molecule has 4 heteroatoms. The minimum atomic E-state index is 0.744. The first-order chi connectivity index (χ1) is 13.8. The van der Waals surface area contributed by atoms with Crippen LogP contribution in [0.15, 0.2) is 66.7 Å². The number of unbranched alkanes of at least 4 members (excludes halogenated alkanes) is 2. The lowest BCUT2D eigenvalue weighted by atomic mass is 10.1. The van der Waals surface area contributed by atoms with Crippen molar-refractivity contribution in [2.24, 2.45) is 0 Å². The van der Waals surface area contributed by atoms with Crippen LogP contribution in [0.3, 0.4) is 0 Å². The Morgan fingerprint density at radius 2 is 1.57 bits per heavy atom. The van der Waals surface area contributed by atoms with Crippen molar-refractivity contribution in [3.05, 3.63) is 66.7 Å². The van der Waals surface area contributed by atoms with E-state index in [1.807, 2.05) is 24.3 Å². The van der Waals surface area contributed by atoms with E-state index in [1.54, 1.807) is 7.11 Å². The summed E-state index contributed by atoms with van der Waals surface area (Å²) in [5.41, 5.74) is 3.42. The zero-order valence-corrected chi connectivity index (χ0v) is 16.2. The standard InChI is InChI=1S/C24H26N2O2/c1-27-19-11-9-18(10-12-19)25-15-5-2-6-16-28-20-13-14-22-21-7-3-4-8-23(21)26-24(22)17-20/h3-4,7-14,17,25-26H,2,5-6,15-16H2,1H3. The van der Waals surface area contributed by atoms with Crippen molar-refractivity contribution in [1.29, 1.82) is 0 Å². The summed E-state index contributed by atoms with van der Waals surface area (Å²) in [7, 11) is 1.68. The van der Waals surface area contributed by atoms with Crippen LogP contribution >= 0.6 is 0 Å². The Morgan fingerprint density at radius 3 is 2.43 bits per heavy atom. The lowest BCUT2D eigenvalue weighted by Crippen LogP contribution is -2.03. The molecule has 2 N–H and O–H groups in total. The lowest BCUT2D eigenvalue weighted by Gasteiger charge is -2.08. The van der Waals surface area contributed by atoms with Crippen LogP contribution in [0.2, 0.25) is 0 Å². The molecule has 144 valence electrons. The SMILES string of the molecule is COc1ccc(NCCCCCOc2ccc3c(c2)[nH]c2ccccc23)cc1. The van der Waals surface area contributed by atoms with Crippen molar-refractivity contribution in [3.63, 3.8) is 0 Å². The summed E-state index contributed by atoms with van der Waals surface area (Å²) < 4.78 is 11.1. The van der Waals surface area contributed by atoms with Crippen LogP contribution in [0.25, 0.3) is 21.8 Å². The molecule has 0 unspecified atom stereocenters. The maximum absolute atomic E-state index is 5.95. The highest BCUT2D eigenvalue weighted by molar-refractivity contribution is 6.07. The fourth-order valence-electron chi connectivity index (χ4n) is 3.46. The topological polar surface area (TPSA) is 46.3 Å². The number of anilines is 1. The molecular weight excluding hydrogens is 348 g/mol. The number of methoxy groups -OCH3 is 1. The van der Waals surface area contributed by atoms with E-state index in [-0.39, 0.29) is 0 Å². The molecule has 4 nitrogen and oxygen atoms in total. The molecule has 0 radical (unpaired) electrons. The summed E-state index contributed by atoms with van der Waals surface area (Å²) >= 11 is 0. The van der Waals surface area contributed by atoms with Crippen molar-refractivity contribution in [2.75, 3.05) is 25.6 Å². The Bertz CT molecular complexity index is 1040. The van der Waals surface area contributed by atoms with Crippen molar-refractivity contribution >= 4 is 27.5 Å². The van der Waals surface area contributed by atoms with Crippen molar-refractivity contribution < 1.29 is 9.47 Å². The predicted octanol–water partition coefficient (Wildman–Crippen LogP) is 5.99. The van der Waals surface area contributed by atoms with E-state index >= 15 is 0 Å². The monoisotopic (exact) mass is 374 g/mol. The second-order valence-corrected chi connectivity index (χ2v) is 6.94. The van der Waals surface area contributed by atoms with Gasteiger partial charge in [0.15, 0.2) is 0 Å². The summed E-state index contributed by atoms with van der Waals surface area (Å²) in [4.78, 5) is 3.46. The fourth-order valence-corrected chi connectivity index (χ4v) is 3.46. The van der Waals surface area contributed by atoms with Gasteiger partial charge in [-0.15, -0.1) is 0 Å². The van der Waals surface area contributed by atoms with Crippen LogP contribution in [-0.2, 0) is 0 Å². The largest absolute Gasteiger partial charge is 0.497 e. The van der Waals surface area contributed by atoms with Crippen LogP contribution in [-0.4, -0.2) is 25.2 Å². The van der Waals surface area contributed by atoms with E-state index in [1.165, 1.54) is 16.3 Å². The number of H-pyrrole nitrogens is 1. The molecule has 4 aromatic rings. The molecule has 4 rings (SSSR count). The number of benzene rings is 3. The third kappa shape index (κ3) is 4.22. The summed E-state index contributed by atoms with van der Waals surface area (Å²) in [5, 5.41) is 5.94. The van der Waals surface area contributed by atoms with Crippen LogP contribution in [0.5, 0.6) is 11.5 Å². The van der Waals surface area contributed by atoms with Gasteiger partial charge in [-0.25, -0.2) is 0 Å². The molecule has 3 aromatic carbocycles. The Kier molecular flexibility index (Phi) is 5.66. The minimum Gasteiger partial charge on any atom is -0.497 e. The highest BCUT2D eigenvalue weighted by Gasteiger charge is 2.04. The molecule has 0 saturated heterocycles. The quantitative estimate of drug-likeness (QED) is 0.354. The molecular formula is C24H26N2O2. The molecule has 0 saturated carbocycles. The van der Waals surface area contributed by atoms with E-state index < -0.39 is 0 Å². The van der Waals surface area contributed by atoms with Gasteiger partial charge in [-0.2, -0.15) is 0 Å². The first-order valence-corrected chi connectivity index (χ1v) is 9.85. The summed E-state index contributed by atoms with van der Waals surface area (Å²) in [6, 6.07) is 22.7. The molecule has 28 heavy (non-hydrogen) atoms. The number of aromatic nitrogens is 1. The van der Waals surface area contributed by atoms with Crippen LogP contribution < -0.4 is 14.8 Å². The molecule has 0 aliphatic rings. The Morgan fingerprint density at radius 1 is 0.786 bits per heavy atom. The summed E-state index contributed by atoms with van der Waals surface area (Å²) in [5.74, 6) is 1.81. The summed E-state index contributed by atoms with van der Waals surface area (Å²) in [6.07, 6.45) is 3.31. The van der Waals surface area contributed by atoms with E-state index in [2.05, 4.69) is 52.8 Å². The second-order valence-electron chi connectivity index (χ2n) is 6.94. The van der Waals surface area contributed by atoms with Crippen LogP contribution in [0.4, 0.5) is 5.69 Å². The van der Waals surface area contributed by atoms with Crippen molar-refractivity contribution in [2.45, 2.75) is 19.3 Å². The van der Waals surface area contributed by atoms with E-state index in [9.17, 15) is 0 Å². The van der Waals surface area contributed by atoms with Gasteiger partial charge in [-0.1, -0.05) is 18.2 Å². The number of para-hydroxylation sites is 1. The number of fused-ring (bicyclic) bond motifs is 3. The van der Waals surface area contributed by atoms with Gasteiger partial charge in [-0.3, -0.25) is 0 Å². The molecule has 1 heterocycles. The number of ether oxygens (including phenoxy) is 2. The highest BCUT2D eigenvalue weighted by Crippen LogP contribution is 2.28. The second kappa shape index (κ2) is 8.70. The van der Waals surface area contributed by atoms with Crippen molar-refractivity contribution in [1.82, 2.24) is 4.98 Å². The van der Waals surface area contributed by atoms with E-state index in [0.717, 1.165) is 55.1 Å². The normalized spacial score (nSPS) is 11.0. The zero-order valence-electron chi connectivity index (χ0n) is 16.2. The minimum absolute atomic E-state index is 0.744. The molecule has 0 bridgehead atoms. The number of aromatic amines is 1.